The van der Waals surface area contributed by atoms with Crippen LogP contribution < -0.4 is 15.4 Å². The van der Waals surface area contributed by atoms with Crippen LogP contribution in [0.25, 0.3) is 0 Å². The summed E-state index contributed by atoms with van der Waals surface area (Å²) in [6.07, 6.45) is -4.34. The van der Waals surface area contributed by atoms with Crippen LogP contribution in [0.15, 0.2) is 18.2 Å². The van der Waals surface area contributed by atoms with Crippen molar-refractivity contribution in [1.82, 2.24) is 0 Å². The summed E-state index contributed by atoms with van der Waals surface area (Å²) in [6, 6.07) is 4.34. The summed E-state index contributed by atoms with van der Waals surface area (Å²) in [5, 5.41) is 8.81. The quantitative estimate of drug-likeness (QED) is 0.794. The Kier molecular flexibility index (Phi) is 4.66. The molecular formula is C11H15F3N2O2. The maximum atomic E-state index is 12.4. The van der Waals surface area contributed by atoms with E-state index in [2.05, 4.69) is 0 Å². The standard InChI is InChI=1S/C11H15F3N2O2/c1-18-10-6-8(2-3-9(10)15)16(4-5-17)7-11(12,13)14/h2-3,6,17H,4-5,7,15H2,1H3. The first-order valence-electron chi connectivity index (χ1n) is 5.23. The summed E-state index contributed by atoms with van der Waals surface area (Å²) in [5.74, 6) is 0.303. The van der Waals surface area contributed by atoms with Gasteiger partial charge in [0.15, 0.2) is 0 Å². The molecule has 0 spiro atoms. The zero-order valence-electron chi connectivity index (χ0n) is 9.87. The predicted molar refractivity (Wildman–Crippen MR) is 62.8 cm³/mol. The molecule has 4 nitrogen and oxygen atoms in total. The van der Waals surface area contributed by atoms with Crippen molar-refractivity contribution in [2.75, 3.05) is 37.4 Å². The fourth-order valence-corrected chi connectivity index (χ4v) is 1.53. The number of alkyl halides is 3. The van der Waals surface area contributed by atoms with Gasteiger partial charge < -0.3 is 20.5 Å². The molecule has 18 heavy (non-hydrogen) atoms. The van der Waals surface area contributed by atoms with Crippen LogP contribution in [0, 0.1) is 0 Å². The van der Waals surface area contributed by atoms with Gasteiger partial charge in [0.2, 0.25) is 0 Å². The first kappa shape index (κ1) is 14.4. The number of benzene rings is 1. The van der Waals surface area contributed by atoms with Crippen LogP contribution >= 0.6 is 0 Å². The van der Waals surface area contributed by atoms with E-state index in [1.165, 1.54) is 25.3 Å². The van der Waals surface area contributed by atoms with Gasteiger partial charge in [0.25, 0.3) is 0 Å². The van der Waals surface area contributed by atoms with Crippen molar-refractivity contribution in [2.45, 2.75) is 6.18 Å². The second kappa shape index (κ2) is 5.81. The summed E-state index contributed by atoms with van der Waals surface area (Å²) in [4.78, 5) is 1.02. The molecule has 102 valence electrons. The van der Waals surface area contributed by atoms with Gasteiger partial charge in [-0.3, -0.25) is 0 Å². The predicted octanol–water partition coefficient (Wildman–Crippen LogP) is 1.64. The number of ether oxygens (including phenoxy) is 1. The molecule has 1 aromatic rings. The summed E-state index contributed by atoms with van der Waals surface area (Å²) >= 11 is 0. The molecule has 0 aliphatic rings. The molecule has 0 unspecified atom stereocenters. The van der Waals surface area contributed by atoms with Gasteiger partial charge >= 0.3 is 6.18 Å². The third kappa shape index (κ3) is 3.99. The summed E-state index contributed by atoms with van der Waals surface area (Å²) in [7, 11) is 1.38. The largest absolute Gasteiger partial charge is 0.495 e. The highest BCUT2D eigenvalue weighted by molar-refractivity contribution is 5.62. The monoisotopic (exact) mass is 264 g/mol. The number of rotatable bonds is 5. The minimum absolute atomic E-state index is 0.118. The van der Waals surface area contributed by atoms with E-state index in [1.54, 1.807) is 0 Å². The number of methoxy groups -OCH3 is 1. The maximum Gasteiger partial charge on any atom is 0.405 e. The van der Waals surface area contributed by atoms with Crippen molar-refractivity contribution in [2.24, 2.45) is 0 Å². The molecule has 0 aliphatic heterocycles. The highest BCUT2D eigenvalue weighted by atomic mass is 19.4. The molecule has 0 saturated heterocycles. The average Bonchev–Trinajstić information content (AvgIpc) is 2.27. The van der Waals surface area contributed by atoms with Crippen LogP contribution in [0.3, 0.4) is 0 Å². The number of nitrogens with zero attached hydrogens (tertiary/aromatic N) is 1. The van der Waals surface area contributed by atoms with Crippen molar-refractivity contribution in [1.29, 1.82) is 0 Å². The number of hydrogen-bond acceptors (Lipinski definition) is 4. The summed E-state index contributed by atoms with van der Waals surface area (Å²) in [5.41, 5.74) is 6.23. The van der Waals surface area contributed by atoms with Crippen molar-refractivity contribution in [3.05, 3.63) is 18.2 Å². The Balaban J connectivity index is 2.98. The maximum absolute atomic E-state index is 12.4. The second-order valence-corrected chi connectivity index (χ2v) is 3.69. The van der Waals surface area contributed by atoms with Gasteiger partial charge in [-0.15, -0.1) is 0 Å². The molecule has 0 bridgehead atoms. The van der Waals surface area contributed by atoms with Gasteiger partial charge in [-0.1, -0.05) is 0 Å². The third-order valence-corrected chi connectivity index (χ3v) is 2.32. The molecular weight excluding hydrogens is 249 g/mol. The van der Waals surface area contributed by atoms with Crippen LogP contribution in [-0.2, 0) is 0 Å². The smallest absolute Gasteiger partial charge is 0.405 e. The van der Waals surface area contributed by atoms with Gasteiger partial charge in [-0.25, -0.2) is 0 Å². The number of aliphatic hydroxyl groups excluding tert-OH is 1. The van der Waals surface area contributed by atoms with E-state index >= 15 is 0 Å². The fraction of sp³-hybridized carbons (Fsp3) is 0.455. The summed E-state index contributed by atoms with van der Waals surface area (Å²) < 4.78 is 42.1. The van der Waals surface area contributed by atoms with Gasteiger partial charge in [0, 0.05) is 18.3 Å². The molecule has 0 atom stereocenters. The van der Waals surface area contributed by atoms with Gasteiger partial charge in [0.05, 0.1) is 19.4 Å². The van der Waals surface area contributed by atoms with Crippen LogP contribution in [0.1, 0.15) is 0 Å². The van der Waals surface area contributed by atoms with Gasteiger partial charge in [-0.2, -0.15) is 13.2 Å². The number of nitrogen functional groups attached to an aromatic ring is 1. The number of hydrogen-bond donors (Lipinski definition) is 2. The Morgan fingerprint density at radius 2 is 2.06 bits per heavy atom. The van der Waals surface area contributed by atoms with Crippen molar-refractivity contribution in [3.8, 4) is 5.75 Å². The fourth-order valence-electron chi connectivity index (χ4n) is 1.53. The molecule has 0 aliphatic carbocycles. The zero-order chi connectivity index (χ0) is 13.8. The van der Waals surface area contributed by atoms with Crippen molar-refractivity contribution in [3.63, 3.8) is 0 Å². The van der Waals surface area contributed by atoms with Crippen molar-refractivity contribution >= 4 is 11.4 Å². The van der Waals surface area contributed by atoms with E-state index < -0.39 is 12.7 Å². The lowest BCUT2D eigenvalue weighted by Gasteiger charge is -2.25. The van der Waals surface area contributed by atoms with Crippen molar-refractivity contribution < 1.29 is 23.0 Å². The molecule has 0 amide bonds. The van der Waals surface area contributed by atoms with Crippen LogP contribution in [0.2, 0.25) is 0 Å². The van der Waals surface area contributed by atoms with Gasteiger partial charge in [-0.05, 0) is 12.1 Å². The molecule has 1 rings (SSSR count). The molecule has 7 heteroatoms. The minimum Gasteiger partial charge on any atom is -0.495 e. The van der Waals surface area contributed by atoms with Crippen LogP contribution in [0.4, 0.5) is 24.5 Å². The SMILES string of the molecule is COc1cc(N(CCO)CC(F)(F)F)ccc1N. The lowest BCUT2D eigenvalue weighted by atomic mass is 10.2. The lowest BCUT2D eigenvalue weighted by molar-refractivity contribution is -0.119. The molecule has 0 aromatic heterocycles. The Morgan fingerprint density at radius 1 is 1.39 bits per heavy atom. The molecule has 0 fully saturated rings. The highest BCUT2D eigenvalue weighted by Crippen LogP contribution is 2.29. The average molecular weight is 264 g/mol. The third-order valence-electron chi connectivity index (χ3n) is 2.32. The lowest BCUT2D eigenvalue weighted by Crippen LogP contribution is -2.36. The van der Waals surface area contributed by atoms with E-state index in [0.29, 0.717) is 17.1 Å². The van der Waals surface area contributed by atoms with E-state index in [0.717, 1.165) is 4.90 Å². The van der Waals surface area contributed by atoms with E-state index in [-0.39, 0.29) is 13.2 Å². The molecule has 0 heterocycles. The van der Waals surface area contributed by atoms with E-state index in [9.17, 15) is 13.2 Å². The Bertz CT molecular complexity index is 396. The molecule has 0 saturated carbocycles. The Labute approximate surface area is 103 Å². The minimum atomic E-state index is -4.34. The van der Waals surface area contributed by atoms with Crippen LogP contribution in [-0.4, -0.2) is 38.1 Å². The number of halogens is 3. The molecule has 0 radical (unpaired) electrons. The molecule has 1 aromatic carbocycles. The number of aliphatic hydroxyl groups is 1. The Morgan fingerprint density at radius 3 is 2.56 bits per heavy atom. The number of nitrogens with two attached hydrogens (primary N) is 1. The topological polar surface area (TPSA) is 58.7 Å². The van der Waals surface area contributed by atoms with E-state index in [1.807, 2.05) is 0 Å². The summed E-state index contributed by atoms with van der Waals surface area (Å²) in [6.45, 7) is -1.63. The first-order chi connectivity index (χ1) is 8.37. The Hall–Kier alpha value is -1.63. The normalized spacial score (nSPS) is 11.4. The van der Waals surface area contributed by atoms with E-state index in [4.69, 9.17) is 15.6 Å². The molecule has 3 N–H and O–H groups in total. The highest BCUT2D eigenvalue weighted by Gasteiger charge is 2.30. The van der Waals surface area contributed by atoms with Crippen LogP contribution in [0.5, 0.6) is 5.75 Å². The van der Waals surface area contributed by atoms with Gasteiger partial charge in [0.1, 0.15) is 12.3 Å². The first-order valence-corrected chi connectivity index (χ1v) is 5.23. The second-order valence-electron chi connectivity index (χ2n) is 3.69. The zero-order valence-corrected chi connectivity index (χ0v) is 9.87. The number of anilines is 2.